The monoisotopic (exact) mass is 541 g/mol. The van der Waals surface area contributed by atoms with Gasteiger partial charge in [-0.15, -0.1) is 0 Å². The molecule has 2 aromatic rings. The van der Waals surface area contributed by atoms with Gasteiger partial charge in [-0.25, -0.2) is 8.42 Å². The number of halogens is 2. The molecule has 0 aromatic heterocycles. The Morgan fingerprint density at radius 2 is 1.74 bits per heavy atom. The maximum Gasteiger partial charge on any atom is 0.242 e. The van der Waals surface area contributed by atoms with E-state index in [0.717, 1.165) is 18.2 Å². The number of nitrogens with zero attached hydrogens (tertiary/aromatic N) is 2. The molecule has 0 spiro atoms. The zero-order valence-electron chi connectivity index (χ0n) is 20.6. The largest absolute Gasteiger partial charge is 0.354 e. The number of hydrogen-bond acceptors (Lipinski definition) is 4. The predicted octanol–water partition coefficient (Wildman–Crippen LogP) is 4.79. The topological polar surface area (TPSA) is 86.8 Å². The Kier molecular flexibility index (Phi) is 10.9. The van der Waals surface area contributed by atoms with E-state index in [9.17, 15) is 18.0 Å². The summed E-state index contributed by atoms with van der Waals surface area (Å²) < 4.78 is 26.3. The zero-order chi connectivity index (χ0) is 26.2. The molecular weight excluding hydrogens is 509 g/mol. The third-order valence-corrected chi connectivity index (χ3v) is 7.48. The summed E-state index contributed by atoms with van der Waals surface area (Å²) in [6, 6.07) is 11.5. The first-order valence-electron chi connectivity index (χ1n) is 11.5. The molecule has 0 fully saturated rings. The van der Waals surface area contributed by atoms with Crippen molar-refractivity contribution in [2.24, 2.45) is 0 Å². The van der Waals surface area contributed by atoms with E-state index in [2.05, 4.69) is 5.32 Å². The number of rotatable bonds is 12. The van der Waals surface area contributed by atoms with Crippen LogP contribution in [0, 0.1) is 6.92 Å². The van der Waals surface area contributed by atoms with Crippen LogP contribution in [-0.4, -0.2) is 50.5 Å². The first-order valence-corrected chi connectivity index (χ1v) is 14.1. The van der Waals surface area contributed by atoms with Gasteiger partial charge in [-0.05, 0) is 62.1 Å². The van der Waals surface area contributed by atoms with Crippen molar-refractivity contribution in [3.8, 4) is 0 Å². The van der Waals surface area contributed by atoms with Gasteiger partial charge in [-0.1, -0.05) is 48.3 Å². The molecule has 0 aliphatic heterocycles. The highest BCUT2D eigenvalue weighted by Gasteiger charge is 2.27. The van der Waals surface area contributed by atoms with E-state index < -0.39 is 16.1 Å². The molecule has 0 aliphatic rings. The number of hydrogen-bond donors (Lipinski definition) is 1. The molecule has 1 N–H and O–H groups in total. The molecule has 35 heavy (non-hydrogen) atoms. The Morgan fingerprint density at radius 3 is 2.34 bits per heavy atom. The predicted molar refractivity (Wildman–Crippen MR) is 142 cm³/mol. The average molecular weight is 543 g/mol. The highest BCUT2D eigenvalue weighted by atomic mass is 35.5. The molecule has 192 valence electrons. The van der Waals surface area contributed by atoms with Gasteiger partial charge in [-0.2, -0.15) is 0 Å². The molecule has 0 unspecified atom stereocenters. The second-order valence-corrected chi connectivity index (χ2v) is 11.2. The molecule has 1 atom stereocenters. The molecule has 0 bridgehead atoms. The Bertz CT molecular complexity index is 1120. The molecule has 2 rings (SSSR count). The highest BCUT2D eigenvalue weighted by molar-refractivity contribution is 7.92. The lowest BCUT2D eigenvalue weighted by Gasteiger charge is -2.29. The number of amides is 2. The highest BCUT2D eigenvalue weighted by Crippen LogP contribution is 2.28. The van der Waals surface area contributed by atoms with E-state index in [1.54, 1.807) is 44.2 Å². The maximum absolute atomic E-state index is 13.3. The van der Waals surface area contributed by atoms with E-state index in [1.807, 2.05) is 19.1 Å². The molecule has 0 saturated carbocycles. The van der Waals surface area contributed by atoms with E-state index in [0.29, 0.717) is 27.8 Å². The van der Waals surface area contributed by atoms with Crippen molar-refractivity contribution < 1.29 is 18.0 Å². The second kappa shape index (κ2) is 13.1. The summed E-state index contributed by atoms with van der Waals surface area (Å²) in [6.45, 7) is 6.27. The van der Waals surface area contributed by atoms with Gasteiger partial charge in [0.15, 0.2) is 0 Å². The molecule has 0 aliphatic carbocycles. The van der Waals surface area contributed by atoms with Crippen LogP contribution in [0.5, 0.6) is 0 Å². The Labute approximate surface area is 218 Å². The summed E-state index contributed by atoms with van der Waals surface area (Å²) in [4.78, 5) is 27.4. The SMILES string of the molecule is CCCNC(=O)[C@H](C)N(Cc1ccc(Cl)cc1)C(=O)CCCN(c1cccc(Cl)c1C)S(C)(=O)=O. The number of carbonyl (C=O) groups excluding carboxylic acids is 2. The molecular formula is C25H33Cl2N3O4S. The van der Waals surface area contributed by atoms with Gasteiger partial charge < -0.3 is 10.2 Å². The van der Waals surface area contributed by atoms with E-state index >= 15 is 0 Å². The van der Waals surface area contributed by atoms with Crippen LogP contribution in [0.4, 0.5) is 5.69 Å². The minimum absolute atomic E-state index is 0.0740. The van der Waals surface area contributed by atoms with Gasteiger partial charge in [0, 0.05) is 36.1 Å². The molecule has 7 nitrogen and oxygen atoms in total. The van der Waals surface area contributed by atoms with Crippen molar-refractivity contribution in [1.29, 1.82) is 0 Å². The standard InChI is InChI=1S/C25H33Cl2N3O4S/c1-5-15-28-25(32)19(3)29(17-20-11-13-21(26)14-12-20)24(31)10-7-16-30(35(4,33)34)23-9-6-8-22(27)18(23)2/h6,8-9,11-14,19H,5,7,10,15-17H2,1-4H3,(H,28,32)/t19-/m0/s1. The van der Waals surface area contributed by atoms with Crippen LogP contribution in [0.15, 0.2) is 42.5 Å². The van der Waals surface area contributed by atoms with Crippen LogP contribution in [0.2, 0.25) is 10.0 Å². The average Bonchev–Trinajstić information content (AvgIpc) is 2.80. The quantitative estimate of drug-likeness (QED) is 0.418. The number of carbonyl (C=O) groups is 2. The fourth-order valence-corrected chi connectivity index (χ4v) is 4.93. The lowest BCUT2D eigenvalue weighted by atomic mass is 10.1. The van der Waals surface area contributed by atoms with Crippen molar-refractivity contribution >= 4 is 50.7 Å². The first kappa shape index (κ1) is 28.9. The van der Waals surface area contributed by atoms with Gasteiger partial charge >= 0.3 is 0 Å². The smallest absolute Gasteiger partial charge is 0.242 e. The van der Waals surface area contributed by atoms with Gasteiger partial charge in [-0.3, -0.25) is 13.9 Å². The van der Waals surface area contributed by atoms with Crippen molar-refractivity contribution in [3.63, 3.8) is 0 Å². The summed E-state index contributed by atoms with van der Waals surface area (Å²) >= 11 is 12.2. The number of benzene rings is 2. The second-order valence-electron chi connectivity index (χ2n) is 8.44. The first-order chi connectivity index (χ1) is 16.5. The van der Waals surface area contributed by atoms with Gasteiger partial charge in [0.05, 0.1) is 11.9 Å². The minimum atomic E-state index is -3.59. The minimum Gasteiger partial charge on any atom is -0.354 e. The third-order valence-electron chi connectivity index (χ3n) is 5.64. The Hall–Kier alpha value is -2.29. The number of nitrogens with one attached hydrogen (secondary N) is 1. The zero-order valence-corrected chi connectivity index (χ0v) is 22.9. The third kappa shape index (κ3) is 8.40. The van der Waals surface area contributed by atoms with Crippen LogP contribution in [0.3, 0.4) is 0 Å². The molecule has 10 heteroatoms. The summed E-state index contributed by atoms with van der Waals surface area (Å²) in [5.41, 5.74) is 1.97. The molecule has 0 radical (unpaired) electrons. The lowest BCUT2D eigenvalue weighted by Crippen LogP contribution is -2.47. The fraction of sp³-hybridized carbons (Fsp3) is 0.440. The summed E-state index contributed by atoms with van der Waals surface area (Å²) in [5, 5.41) is 3.88. The molecule has 2 amide bonds. The molecule has 0 heterocycles. The van der Waals surface area contributed by atoms with Gasteiger partial charge in [0.1, 0.15) is 6.04 Å². The molecule has 2 aromatic carbocycles. The normalized spacial score (nSPS) is 12.2. The maximum atomic E-state index is 13.3. The van der Waals surface area contributed by atoms with E-state index in [-0.39, 0.29) is 37.7 Å². The van der Waals surface area contributed by atoms with Crippen LogP contribution in [-0.2, 0) is 26.2 Å². The summed E-state index contributed by atoms with van der Waals surface area (Å²) in [7, 11) is -3.59. The van der Waals surface area contributed by atoms with Crippen LogP contribution in [0.1, 0.15) is 44.2 Å². The van der Waals surface area contributed by atoms with Crippen molar-refractivity contribution in [2.45, 2.75) is 52.6 Å². The Morgan fingerprint density at radius 1 is 1.09 bits per heavy atom. The number of sulfonamides is 1. The molecule has 0 saturated heterocycles. The van der Waals surface area contributed by atoms with Crippen molar-refractivity contribution in [1.82, 2.24) is 10.2 Å². The van der Waals surface area contributed by atoms with Gasteiger partial charge in [0.25, 0.3) is 0 Å². The number of anilines is 1. The van der Waals surface area contributed by atoms with E-state index in [4.69, 9.17) is 23.2 Å². The van der Waals surface area contributed by atoms with E-state index in [1.165, 1.54) is 9.21 Å². The van der Waals surface area contributed by atoms with Crippen LogP contribution in [0.25, 0.3) is 0 Å². The van der Waals surface area contributed by atoms with Crippen LogP contribution < -0.4 is 9.62 Å². The summed E-state index contributed by atoms with van der Waals surface area (Å²) in [6.07, 6.45) is 2.26. The van der Waals surface area contributed by atoms with Crippen molar-refractivity contribution in [3.05, 3.63) is 63.6 Å². The fourth-order valence-electron chi connectivity index (χ4n) is 3.61. The van der Waals surface area contributed by atoms with Crippen molar-refractivity contribution in [2.75, 3.05) is 23.7 Å². The Balaban J connectivity index is 2.18. The summed E-state index contributed by atoms with van der Waals surface area (Å²) in [5.74, 6) is -0.475. The lowest BCUT2D eigenvalue weighted by molar-refractivity contribution is -0.140. The van der Waals surface area contributed by atoms with Gasteiger partial charge in [0.2, 0.25) is 21.8 Å². The van der Waals surface area contributed by atoms with Crippen LogP contribution >= 0.6 is 23.2 Å².